The van der Waals surface area contributed by atoms with Gasteiger partial charge in [-0.1, -0.05) is 24.3 Å². The molecule has 0 unspecified atom stereocenters. The van der Waals surface area contributed by atoms with Gasteiger partial charge in [0.1, 0.15) is 11.3 Å². The lowest BCUT2D eigenvalue weighted by atomic mass is 10.1. The van der Waals surface area contributed by atoms with E-state index in [0.29, 0.717) is 11.3 Å². The van der Waals surface area contributed by atoms with Gasteiger partial charge in [-0.25, -0.2) is 4.79 Å². The highest BCUT2D eigenvalue weighted by molar-refractivity contribution is 7.80. The summed E-state index contributed by atoms with van der Waals surface area (Å²) in [6, 6.07) is 5.16. The number of rotatable bonds is 5. The minimum absolute atomic E-state index is 0.195. The second kappa shape index (κ2) is 6.23. The normalized spacial score (nSPS) is 10.6. The van der Waals surface area contributed by atoms with E-state index in [0.717, 1.165) is 12.2 Å². The smallest absolute Gasteiger partial charge is 0.340 e. The Morgan fingerprint density at radius 3 is 2.88 bits per heavy atom. The van der Waals surface area contributed by atoms with Crippen molar-refractivity contribution >= 4 is 24.7 Å². The number of carboxylic acids is 1. The maximum atomic E-state index is 11.1. The molecule has 0 saturated heterocycles. The van der Waals surface area contributed by atoms with E-state index in [1.807, 2.05) is 6.08 Å². The maximum absolute atomic E-state index is 11.1. The number of carbonyl (C=O) groups is 1. The minimum Gasteiger partial charge on any atom is -0.496 e. The quantitative estimate of drug-likeness (QED) is 0.775. The lowest BCUT2D eigenvalue weighted by molar-refractivity contribution is 0.0693. The van der Waals surface area contributed by atoms with Crippen molar-refractivity contribution in [1.29, 1.82) is 0 Å². The Balaban J connectivity index is 3.12. The van der Waals surface area contributed by atoms with Gasteiger partial charge in [-0.15, -0.1) is 0 Å². The highest BCUT2D eigenvalue weighted by Gasteiger charge is 2.13. The van der Waals surface area contributed by atoms with Crippen molar-refractivity contribution in [2.75, 3.05) is 12.9 Å². The average Bonchev–Trinajstić information content (AvgIpc) is 2.28. The minimum atomic E-state index is -0.983. The first-order valence-electron chi connectivity index (χ1n) is 4.88. The van der Waals surface area contributed by atoms with Gasteiger partial charge in [0.25, 0.3) is 0 Å². The van der Waals surface area contributed by atoms with Gasteiger partial charge in [-0.3, -0.25) is 0 Å². The number of ether oxygens (including phenoxy) is 1. The molecule has 1 rings (SSSR count). The molecule has 1 N–H and O–H groups in total. The van der Waals surface area contributed by atoms with Crippen LogP contribution in [0.5, 0.6) is 5.75 Å². The van der Waals surface area contributed by atoms with E-state index in [1.54, 1.807) is 24.3 Å². The summed E-state index contributed by atoms with van der Waals surface area (Å²) in [5, 5.41) is 9.11. The number of benzene rings is 1. The molecule has 0 atom stereocenters. The van der Waals surface area contributed by atoms with Gasteiger partial charge in [0.05, 0.1) is 7.11 Å². The fourth-order valence-corrected chi connectivity index (χ4v) is 1.52. The Hall–Kier alpha value is -1.42. The van der Waals surface area contributed by atoms with Crippen molar-refractivity contribution in [3.8, 4) is 5.75 Å². The van der Waals surface area contributed by atoms with Gasteiger partial charge in [0, 0.05) is 0 Å². The van der Waals surface area contributed by atoms with Gasteiger partial charge in [0.15, 0.2) is 0 Å². The van der Waals surface area contributed by atoms with Crippen molar-refractivity contribution in [3.05, 3.63) is 35.4 Å². The van der Waals surface area contributed by atoms with Crippen LogP contribution in [-0.4, -0.2) is 23.9 Å². The van der Waals surface area contributed by atoms with Crippen LogP contribution in [0.1, 0.15) is 22.3 Å². The van der Waals surface area contributed by atoms with Crippen LogP contribution in [0.4, 0.5) is 0 Å². The van der Waals surface area contributed by atoms with E-state index in [9.17, 15) is 4.79 Å². The third-order valence-electron chi connectivity index (χ3n) is 2.09. The number of hydrogen-bond donors (Lipinski definition) is 2. The molecule has 16 heavy (non-hydrogen) atoms. The molecule has 3 nitrogen and oxygen atoms in total. The monoisotopic (exact) mass is 238 g/mol. The summed E-state index contributed by atoms with van der Waals surface area (Å²) in [4.78, 5) is 11.1. The molecule has 0 aliphatic carbocycles. The average molecular weight is 238 g/mol. The molecule has 0 bridgehead atoms. The van der Waals surface area contributed by atoms with Crippen LogP contribution < -0.4 is 4.74 Å². The zero-order valence-electron chi connectivity index (χ0n) is 9.01. The molecule has 0 fully saturated rings. The fourth-order valence-electron chi connectivity index (χ4n) is 1.37. The van der Waals surface area contributed by atoms with Crippen LogP contribution in [0.3, 0.4) is 0 Å². The summed E-state index contributed by atoms with van der Waals surface area (Å²) < 4.78 is 5.02. The Bertz CT molecular complexity index is 399. The Labute approximate surface area is 100 Å². The standard InChI is InChI=1S/C12H14O3S/c1-15-10-7-4-6-9(5-2-3-8-16)11(10)12(13)14/h2,4-7,16H,3,8H2,1H3,(H,13,14). The number of carboxylic acid groups (broad SMARTS) is 1. The van der Waals surface area contributed by atoms with Crippen molar-refractivity contribution < 1.29 is 14.6 Å². The Morgan fingerprint density at radius 1 is 1.56 bits per heavy atom. The summed E-state index contributed by atoms with van der Waals surface area (Å²) >= 11 is 4.08. The third kappa shape index (κ3) is 3.03. The first kappa shape index (κ1) is 12.6. The predicted octanol–water partition coefficient (Wildman–Crippen LogP) is 2.73. The SMILES string of the molecule is COc1cccc(C=CCCS)c1C(=O)O. The zero-order valence-corrected chi connectivity index (χ0v) is 9.91. The molecular formula is C12H14O3S. The molecule has 1 aromatic carbocycles. The van der Waals surface area contributed by atoms with E-state index in [4.69, 9.17) is 9.84 Å². The number of hydrogen-bond acceptors (Lipinski definition) is 3. The first-order valence-corrected chi connectivity index (χ1v) is 5.51. The van der Waals surface area contributed by atoms with Crippen molar-refractivity contribution in [3.63, 3.8) is 0 Å². The van der Waals surface area contributed by atoms with E-state index >= 15 is 0 Å². The largest absolute Gasteiger partial charge is 0.496 e. The molecule has 0 aliphatic rings. The molecule has 0 amide bonds. The highest BCUT2D eigenvalue weighted by atomic mass is 32.1. The van der Waals surface area contributed by atoms with E-state index in [1.165, 1.54) is 7.11 Å². The molecule has 0 aliphatic heterocycles. The number of methoxy groups -OCH3 is 1. The molecule has 0 radical (unpaired) electrons. The number of aromatic carboxylic acids is 1. The van der Waals surface area contributed by atoms with Gasteiger partial charge < -0.3 is 9.84 Å². The fraction of sp³-hybridized carbons (Fsp3) is 0.250. The zero-order chi connectivity index (χ0) is 12.0. The van der Waals surface area contributed by atoms with E-state index in [2.05, 4.69) is 12.6 Å². The number of allylic oxidation sites excluding steroid dienone is 1. The molecular weight excluding hydrogens is 224 g/mol. The molecule has 4 heteroatoms. The second-order valence-corrected chi connectivity index (χ2v) is 3.59. The third-order valence-corrected chi connectivity index (χ3v) is 2.34. The van der Waals surface area contributed by atoms with Crippen LogP contribution in [0.25, 0.3) is 6.08 Å². The van der Waals surface area contributed by atoms with Gasteiger partial charge in [0.2, 0.25) is 0 Å². The van der Waals surface area contributed by atoms with E-state index < -0.39 is 5.97 Å². The van der Waals surface area contributed by atoms with Gasteiger partial charge in [-0.05, 0) is 23.8 Å². The summed E-state index contributed by atoms with van der Waals surface area (Å²) in [6.07, 6.45) is 4.48. The lowest BCUT2D eigenvalue weighted by Crippen LogP contribution is -2.03. The summed E-state index contributed by atoms with van der Waals surface area (Å²) in [7, 11) is 1.46. The Kier molecular flexibility index (Phi) is 4.92. The highest BCUT2D eigenvalue weighted by Crippen LogP contribution is 2.23. The Morgan fingerprint density at radius 2 is 2.31 bits per heavy atom. The lowest BCUT2D eigenvalue weighted by Gasteiger charge is -2.07. The van der Waals surface area contributed by atoms with Crippen LogP contribution in [0.15, 0.2) is 24.3 Å². The van der Waals surface area contributed by atoms with Crippen LogP contribution in [0, 0.1) is 0 Å². The molecule has 0 heterocycles. The van der Waals surface area contributed by atoms with Crippen molar-refractivity contribution in [2.45, 2.75) is 6.42 Å². The summed E-state index contributed by atoms with van der Waals surface area (Å²) in [5.41, 5.74) is 0.842. The molecule has 0 saturated carbocycles. The summed E-state index contributed by atoms with van der Waals surface area (Å²) in [6.45, 7) is 0. The topological polar surface area (TPSA) is 46.5 Å². The first-order chi connectivity index (χ1) is 7.70. The molecule has 86 valence electrons. The van der Waals surface area contributed by atoms with E-state index in [-0.39, 0.29) is 5.56 Å². The van der Waals surface area contributed by atoms with Crippen LogP contribution in [0.2, 0.25) is 0 Å². The van der Waals surface area contributed by atoms with Gasteiger partial charge >= 0.3 is 5.97 Å². The molecule has 1 aromatic rings. The van der Waals surface area contributed by atoms with Crippen LogP contribution >= 0.6 is 12.6 Å². The van der Waals surface area contributed by atoms with Crippen LogP contribution in [-0.2, 0) is 0 Å². The van der Waals surface area contributed by atoms with Gasteiger partial charge in [-0.2, -0.15) is 12.6 Å². The molecule has 0 aromatic heterocycles. The van der Waals surface area contributed by atoms with Crippen molar-refractivity contribution in [1.82, 2.24) is 0 Å². The number of thiol groups is 1. The second-order valence-electron chi connectivity index (χ2n) is 3.14. The molecule has 0 spiro atoms. The summed E-state index contributed by atoms with van der Waals surface area (Å²) in [5.74, 6) is 0.131. The van der Waals surface area contributed by atoms with Crippen molar-refractivity contribution in [2.24, 2.45) is 0 Å². The maximum Gasteiger partial charge on any atom is 0.340 e. The predicted molar refractivity (Wildman–Crippen MR) is 67.5 cm³/mol.